The first-order valence-corrected chi connectivity index (χ1v) is 10.0. The molecule has 1 amide bonds. The van der Waals surface area contributed by atoms with Crippen molar-refractivity contribution < 1.29 is 19.1 Å². The van der Waals surface area contributed by atoms with Crippen LogP contribution < -0.4 is 10.1 Å². The minimum absolute atomic E-state index is 0.0905. The molecule has 3 rings (SSSR count). The van der Waals surface area contributed by atoms with Crippen molar-refractivity contribution in [1.29, 1.82) is 0 Å². The highest BCUT2D eigenvalue weighted by Crippen LogP contribution is 2.38. The van der Waals surface area contributed by atoms with Crippen molar-refractivity contribution in [2.24, 2.45) is 0 Å². The van der Waals surface area contributed by atoms with E-state index in [1.807, 2.05) is 25.1 Å². The average molecular weight is 388 g/mol. The number of thiophene rings is 1. The maximum Gasteiger partial charge on any atom is 0.341 e. The Labute approximate surface area is 163 Å². The van der Waals surface area contributed by atoms with Gasteiger partial charge in [-0.2, -0.15) is 0 Å². The minimum Gasteiger partial charge on any atom is -0.496 e. The molecule has 0 saturated carbocycles. The van der Waals surface area contributed by atoms with Crippen molar-refractivity contribution in [2.75, 3.05) is 19.5 Å². The van der Waals surface area contributed by atoms with Crippen LogP contribution in [0.5, 0.6) is 5.75 Å². The number of carbonyl (C=O) groups excluding carboxylic acids is 2. The highest BCUT2D eigenvalue weighted by Gasteiger charge is 2.26. The number of esters is 1. The van der Waals surface area contributed by atoms with E-state index in [0.717, 1.165) is 48.1 Å². The number of benzene rings is 1. The topological polar surface area (TPSA) is 64.6 Å². The van der Waals surface area contributed by atoms with Gasteiger partial charge in [0.2, 0.25) is 5.91 Å². The van der Waals surface area contributed by atoms with Crippen molar-refractivity contribution in [3.05, 3.63) is 45.3 Å². The summed E-state index contributed by atoms with van der Waals surface area (Å²) in [6.07, 6.45) is 5.02. The zero-order chi connectivity index (χ0) is 19.4. The summed E-state index contributed by atoms with van der Waals surface area (Å²) in [5.41, 5.74) is 3.74. The largest absolute Gasteiger partial charge is 0.496 e. The van der Waals surface area contributed by atoms with Crippen LogP contribution in [0.4, 0.5) is 5.00 Å². The molecular formula is C21H25NO4S. The van der Waals surface area contributed by atoms with Crippen LogP contribution in [0.3, 0.4) is 0 Å². The normalized spacial score (nSPS) is 13.0. The average Bonchev–Trinajstić information content (AvgIpc) is 3.03. The zero-order valence-corrected chi connectivity index (χ0v) is 16.8. The van der Waals surface area contributed by atoms with Gasteiger partial charge in [0.1, 0.15) is 10.8 Å². The Morgan fingerprint density at radius 3 is 2.67 bits per heavy atom. The second kappa shape index (κ2) is 8.57. The van der Waals surface area contributed by atoms with Crippen LogP contribution in [0.15, 0.2) is 18.2 Å². The van der Waals surface area contributed by atoms with Crippen LogP contribution in [-0.4, -0.2) is 26.1 Å². The molecule has 1 aliphatic carbocycles. The molecule has 1 aromatic carbocycles. The summed E-state index contributed by atoms with van der Waals surface area (Å²) >= 11 is 1.51. The van der Waals surface area contributed by atoms with Crippen LogP contribution in [0.25, 0.3) is 0 Å². The van der Waals surface area contributed by atoms with E-state index in [1.54, 1.807) is 7.11 Å². The Hall–Kier alpha value is -2.34. The van der Waals surface area contributed by atoms with E-state index >= 15 is 0 Å². The van der Waals surface area contributed by atoms with Crippen LogP contribution in [0, 0.1) is 6.92 Å². The van der Waals surface area contributed by atoms with Gasteiger partial charge in [-0.1, -0.05) is 12.1 Å². The van der Waals surface area contributed by atoms with Gasteiger partial charge in [0.25, 0.3) is 0 Å². The van der Waals surface area contributed by atoms with Gasteiger partial charge in [-0.3, -0.25) is 4.79 Å². The first-order valence-electron chi connectivity index (χ1n) is 9.19. The molecular weight excluding hydrogens is 362 g/mol. The molecule has 27 heavy (non-hydrogen) atoms. The lowest BCUT2D eigenvalue weighted by Crippen LogP contribution is -2.15. The van der Waals surface area contributed by atoms with Gasteiger partial charge >= 0.3 is 5.97 Å². The van der Waals surface area contributed by atoms with Gasteiger partial charge in [-0.05, 0) is 61.8 Å². The summed E-state index contributed by atoms with van der Waals surface area (Å²) in [5, 5.41) is 3.57. The first-order chi connectivity index (χ1) is 13.0. The number of fused-ring (bicyclic) bond motifs is 1. The molecule has 0 aliphatic heterocycles. The van der Waals surface area contributed by atoms with E-state index in [9.17, 15) is 9.59 Å². The van der Waals surface area contributed by atoms with Crippen LogP contribution in [0.2, 0.25) is 0 Å². The molecule has 1 heterocycles. The number of carbonyl (C=O) groups is 2. The molecule has 1 N–H and O–H groups in total. The molecule has 1 aliphatic rings. The van der Waals surface area contributed by atoms with Crippen LogP contribution in [0.1, 0.15) is 51.2 Å². The van der Waals surface area contributed by atoms with Crippen LogP contribution in [-0.2, 0) is 28.8 Å². The molecule has 5 nitrogen and oxygen atoms in total. The predicted octanol–water partition coefficient (Wildman–Crippen LogP) is 4.30. The third-order valence-electron chi connectivity index (χ3n) is 4.91. The molecule has 6 heteroatoms. The summed E-state index contributed by atoms with van der Waals surface area (Å²) in [5.74, 6) is 0.387. The molecule has 1 aromatic heterocycles. The Bertz CT molecular complexity index is 856. The molecule has 144 valence electrons. The van der Waals surface area contributed by atoms with E-state index < -0.39 is 0 Å². The maximum atomic E-state index is 12.5. The number of rotatable bonds is 6. The number of nitrogens with one attached hydrogen (secondary N) is 1. The predicted molar refractivity (Wildman–Crippen MR) is 107 cm³/mol. The SMILES string of the molecule is COC(=O)c1c(NC(=O)CCc2ccc(OC)c(C)c2)sc2c1CCCC2. The van der Waals surface area contributed by atoms with E-state index in [2.05, 4.69) is 5.32 Å². The van der Waals surface area contributed by atoms with Crippen molar-refractivity contribution in [3.63, 3.8) is 0 Å². The summed E-state index contributed by atoms with van der Waals surface area (Å²) < 4.78 is 10.2. The zero-order valence-electron chi connectivity index (χ0n) is 16.0. The molecule has 2 aromatic rings. The number of aryl methyl sites for hydroxylation is 3. The quantitative estimate of drug-likeness (QED) is 0.751. The second-order valence-corrected chi connectivity index (χ2v) is 7.86. The lowest BCUT2D eigenvalue weighted by molar-refractivity contribution is -0.116. The summed E-state index contributed by atoms with van der Waals surface area (Å²) in [6.45, 7) is 1.99. The van der Waals surface area contributed by atoms with Gasteiger partial charge in [0, 0.05) is 11.3 Å². The molecule has 0 radical (unpaired) electrons. The van der Waals surface area contributed by atoms with Gasteiger partial charge in [0.05, 0.1) is 19.8 Å². The molecule has 0 bridgehead atoms. The Kier molecular flexibility index (Phi) is 6.16. The summed E-state index contributed by atoms with van der Waals surface area (Å²) in [6, 6.07) is 5.93. The van der Waals surface area contributed by atoms with Crippen molar-refractivity contribution >= 4 is 28.2 Å². The fraction of sp³-hybridized carbons (Fsp3) is 0.429. The van der Waals surface area contributed by atoms with Gasteiger partial charge < -0.3 is 14.8 Å². The number of ether oxygens (including phenoxy) is 2. The Morgan fingerprint density at radius 2 is 1.96 bits per heavy atom. The molecule has 0 spiro atoms. The van der Waals surface area contributed by atoms with Gasteiger partial charge in [-0.15, -0.1) is 11.3 Å². The van der Waals surface area contributed by atoms with E-state index in [-0.39, 0.29) is 11.9 Å². The molecule has 0 fully saturated rings. The minimum atomic E-state index is -0.365. The number of amides is 1. The van der Waals surface area contributed by atoms with Crippen LogP contribution >= 0.6 is 11.3 Å². The van der Waals surface area contributed by atoms with E-state index in [4.69, 9.17) is 9.47 Å². The standard InChI is InChI=1S/C21H25NO4S/c1-13-12-14(8-10-16(13)25-2)9-11-18(23)22-20-19(21(24)26-3)15-6-4-5-7-17(15)27-20/h8,10,12H,4-7,9,11H2,1-3H3,(H,22,23). The summed E-state index contributed by atoms with van der Waals surface area (Å²) in [7, 11) is 3.03. The highest BCUT2D eigenvalue weighted by atomic mass is 32.1. The number of hydrogen-bond acceptors (Lipinski definition) is 5. The molecule has 0 atom stereocenters. The third kappa shape index (κ3) is 4.33. The monoisotopic (exact) mass is 387 g/mol. The smallest absolute Gasteiger partial charge is 0.341 e. The third-order valence-corrected chi connectivity index (χ3v) is 6.12. The Morgan fingerprint density at radius 1 is 1.19 bits per heavy atom. The first kappa shape index (κ1) is 19.4. The maximum absolute atomic E-state index is 12.5. The van der Waals surface area contributed by atoms with Gasteiger partial charge in [-0.25, -0.2) is 4.79 Å². The van der Waals surface area contributed by atoms with E-state index in [1.165, 1.54) is 23.3 Å². The van der Waals surface area contributed by atoms with Crippen molar-refractivity contribution in [1.82, 2.24) is 0 Å². The van der Waals surface area contributed by atoms with Gasteiger partial charge in [0.15, 0.2) is 0 Å². The number of anilines is 1. The second-order valence-electron chi connectivity index (χ2n) is 6.76. The summed E-state index contributed by atoms with van der Waals surface area (Å²) in [4.78, 5) is 25.9. The fourth-order valence-electron chi connectivity index (χ4n) is 3.51. The van der Waals surface area contributed by atoms with Crippen molar-refractivity contribution in [3.8, 4) is 5.75 Å². The Balaban J connectivity index is 1.70. The lowest BCUT2D eigenvalue weighted by Gasteiger charge is -2.11. The highest BCUT2D eigenvalue weighted by molar-refractivity contribution is 7.17. The van der Waals surface area contributed by atoms with E-state index in [0.29, 0.717) is 23.4 Å². The number of methoxy groups -OCH3 is 2. The molecule has 0 saturated heterocycles. The molecule has 0 unspecified atom stereocenters. The lowest BCUT2D eigenvalue weighted by atomic mass is 9.95. The van der Waals surface area contributed by atoms with Crippen molar-refractivity contribution in [2.45, 2.75) is 45.4 Å². The fourth-order valence-corrected chi connectivity index (χ4v) is 4.81. The number of hydrogen-bond donors (Lipinski definition) is 1.